The SMILES string of the molecule is CN(CCCO)Cc1cc(Cl)ccc1OC[C@@H](O)CN1CCCCCC1. The fourth-order valence-corrected chi connectivity index (χ4v) is 3.57. The molecule has 1 aliphatic rings. The van der Waals surface area contributed by atoms with Crippen LogP contribution in [0.4, 0.5) is 0 Å². The van der Waals surface area contributed by atoms with Gasteiger partial charge in [-0.1, -0.05) is 24.4 Å². The standard InChI is InChI=1S/C20H33ClN2O3/c1-22(9-6-12-24)14-17-13-18(21)7-8-20(17)26-16-19(25)15-23-10-4-2-3-5-11-23/h7-8,13,19,24-25H,2-6,9-12,14-16H2,1H3/t19-/m0/s1. The highest BCUT2D eigenvalue weighted by atomic mass is 35.5. The summed E-state index contributed by atoms with van der Waals surface area (Å²) in [5.41, 5.74) is 1.000. The zero-order valence-electron chi connectivity index (χ0n) is 15.9. The van der Waals surface area contributed by atoms with Crippen LogP contribution in [0.1, 0.15) is 37.7 Å². The number of rotatable bonds is 10. The minimum absolute atomic E-state index is 0.186. The number of halogens is 1. The molecular formula is C20H33ClN2O3. The first kappa shape index (κ1) is 21.5. The number of aliphatic hydroxyl groups excluding tert-OH is 2. The molecule has 1 aromatic rings. The summed E-state index contributed by atoms with van der Waals surface area (Å²) in [6, 6.07) is 5.60. The van der Waals surface area contributed by atoms with Gasteiger partial charge >= 0.3 is 0 Å². The van der Waals surface area contributed by atoms with Gasteiger partial charge in [0.25, 0.3) is 0 Å². The third-order valence-electron chi connectivity index (χ3n) is 4.76. The molecule has 26 heavy (non-hydrogen) atoms. The molecule has 0 radical (unpaired) electrons. The maximum absolute atomic E-state index is 10.4. The van der Waals surface area contributed by atoms with Crippen molar-refractivity contribution < 1.29 is 14.9 Å². The van der Waals surface area contributed by atoms with E-state index >= 15 is 0 Å². The molecule has 2 N–H and O–H groups in total. The molecule has 0 amide bonds. The summed E-state index contributed by atoms with van der Waals surface area (Å²) in [4.78, 5) is 4.47. The van der Waals surface area contributed by atoms with Crippen molar-refractivity contribution >= 4 is 11.6 Å². The van der Waals surface area contributed by atoms with Gasteiger partial charge in [-0.2, -0.15) is 0 Å². The average molecular weight is 385 g/mol. The number of hydrogen-bond acceptors (Lipinski definition) is 5. The number of aliphatic hydroxyl groups is 2. The van der Waals surface area contributed by atoms with Gasteiger partial charge < -0.3 is 24.7 Å². The zero-order valence-corrected chi connectivity index (χ0v) is 16.6. The molecule has 0 unspecified atom stereocenters. The maximum Gasteiger partial charge on any atom is 0.124 e. The predicted octanol–water partition coefficient (Wildman–Crippen LogP) is 2.77. The number of ether oxygens (including phenoxy) is 1. The molecule has 1 fully saturated rings. The van der Waals surface area contributed by atoms with Gasteiger partial charge in [0.15, 0.2) is 0 Å². The first-order valence-electron chi connectivity index (χ1n) is 9.69. The fraction of sp³-hybridized carbons (Fsp3) is 0.700. The predicted molar refractivity (Wildman–Crippen MR) is 106 cm³/mol. The number of benzene rings is 1. The lowest BCUT2D eigenvalue weighted by Gasteiger charge is -2.24. The number of nitrogens with zero attached hydrogens (tertiary/aromatic N) is 2. The van der Waals surface area contributed by atoms with E-state index in [4.69, 9.17) is 21.4 Å². The molecule has 5 nitrogen and oxygen atoms in total. The minimum Gasteiger partial charge on any atom is -0.491 e. The van der Waals surface area contributed by atoms with E-state index in [1.165, 1.54) is 25.7 Å². The molecule has 0 aromatic heterocycles. The van der Waals surface area contributed by atoms with E-state index in [1.807, 2.05) is 25.2 Å². The summed E-state index contributed by atoms with van der Waals surface area (Å²) in [5, 5.41) is 20.0. The van der Waals surface area contributed by atoms with Crippen molar-refractivity contribution in [2.75, 3.05) is 46.4 Å². The van der Waals surface area contributed by atoms with Crippen LogP contribution in [0.15, 0.2) is 18.2 Å². The highest BCUT2D eigenvalue weighted by Crippen LogP contribution is 2.24. The second-order valence-electron chi connectivity index (χ2n) is 7.25. The molecule has 6 heteroatoms. The molecule has 0 saturated carbocycles. The number of hydrogen-bond donors (Lipinski definition) is 2. The second-order valence-corrected chi connectivity index (χ2v) is 7.68. The molecule has 0 spiro atoms. The van der Waals surface area contributed by atoms with Crippen LogP contribution in [0, 0.1) is 0 Å². The van der Waals surface area contributed by atoms with Crippen LogP contribution in [-0.2, 0) is 6.54 Å². The van der Waals surface area contributed by atoms with Gasteiger partial charge in [0, 0.05) is 36.8 Å². The fourth-order valence-electron chi connectivity index (χ4n) is 3.38. The van der Waals surface area contributed by atoms with Crippen molar-refractivity contribution in [2.24, 2.45) is 0 Å². The highest BCUT2D eigenvalue weighted by Gasteiger charge is 2.15. The Bertz CT molecular complexity index is 522. The summed E-state index contributed by atoms with van der Waals surface area (Å²) >= 11 is 6.14. The largest absolute Gasteiger partial charge is 0.491 e. The van der Waals surface area contributed by atoms with Crippen LogP contribution in [0.25, 0.3) is 0 Å². The van der Waals surface area contributed by atoms with Gasteiger partial charge in [0.2, 0.25) is 0 Å². The van der Waals surface area contributed by atoms with Crippen molar-refractivity contribution in [3.63, 3.8) is 0 Å². The van der Waals surface area contributed by atoms with Gasteiger partial charge in [-0.3, -0.25) is 0 Å². The first-order valence-corrected chi connectivity index (χ1v) is 10.1. The van der Waals surface area contributed by atoms with Gasteiger partial charge in [0.05, 0.1) is 0 Å². The van der Waals surface area contributed by atoms with Crippen LogP contribution in [0.3, 0.4) is 0 Å². The summed E-state index contributed by atoms with van der Waals surface area (Å²) in [6.07, 6.45) is 5.26. The summed E-state index contributed by atoms with van der Waals surface area (Å²) in [7, 11) is 2.01. The van der Waals surface area contributed by atoms with Crippen molar-refractivity contribution in [3.05, 3.63) is 28.8 Å². The van der Waals surface area contributed by atoms with Crippen LogP contribution in [0.2, 0.25) is 5.02 Å². The molecule has 1 aromatic carbocycles. The third-order valence-corrected chi connectivity index (χ3v) is 4.99. The van der Waals surface area contributed by atoms with Crippen molar-refractivity contribution in [3.8, 4) is 5.75 Å². The zero-order chi connectivity index (χ0) is 18.8. The van der Waals surface area contributed by atoms with Gasteiger partial charge in [-0.15, -0.1) is 0 Å². The highest BCUT2D eigenvalue weighted by molar-refractivity contribution is 6.30. The normalized spacial score (nSPS) is 17.3. The third kappa shape index (κ3) is 7.80. The minimum atomic E-state index is -0.497. The van der Waals surface area contributed by atoms with Crippen molar-refractivity contribution in [1.29, 1.82) is 0 Å². The maximum atomic E-state index is 10.4. The molecule has 148 valence electrons. The molecule has 0 bridgehead atoms. The molecular weight excluding hydrogens is 352 g/mol. The Morgan fingerprint density at radius 1 is 1.23 bits per heavy atom. The lowest BCUT2D eigenvalue weighted by atomic mass is 10.2. The smallest absolute Gasteiger partial charge is 0.124 e. The van der Waals surface area contributed by atoms with Crippen LogP contribution in [-0.4, -0.2) is 72.6 Å². The van der Waals surface area contributed by atoms with E-state index in [1.54, 1.807) is 0 Å². The Morgan fingerprint density at radius 3 is 2.65 bits per heavy atom. The monoisotopic (exact) mass is 384 g/mol. The molecule has 1 atom stereocenters. The lowest BCUT2D eigenvalue weighted by molar-refractivity contribution is 0.0687. The second kappa shape index (κ2) is 11.8. The summed E-state index contributed by atoms with van der Waals surface area (Å²) in [5.74, 6) is 0.764. The topological polar surface area (TPSA) is 56.2 Å². The van der Waals surface area contributed by atoms with Crippen LogP contribution < -0.4 is 4.74 Å². The summed E-state index contributed by atoms with van der Waals surface area (Å²) in [6.45, 7) is 4.77. The van der Waals surface area contributed by atoms with E-state index in [0.717, 1.165) is 37.4 Å². The van der Waals surface area contributed by atoms with Gasteiger partial charge in [-0.25, -0.2) is 0 Å². The first-order chi connectivity index (χ1) is 12.6. The Kier molecular flexibility index (Phi) is 9.72. The molecule has 1 saturated heterocycles. The van der Waals surface area contributed by atoms with E-state index in [9.17, 15) is 5.11 Å². The average Bonchev–Trinajstić information content (AvgIpc) is 2.88. The number of β-amino-alcohol motifs (C(OH)–C–C–N with tert-alkyl or cyclic N) is 1. The van der Waals surface area contributed by atoms with E-state index in [-0.39, 0.29) is 13.2 Å². The van der Waals surface area contributed by atoms with Crippen LogP contribution in [0.5, 0.6) is 5.75 Å². The van der Waals surface area contributed by atoms with E-state index in [2.05, 4.69) is 9.80 Å². The molecule has 1 aliphatic heterocycles. The lowest BCUT2D eigenvalue weighted by Crippen LogP contribution is -2.36. The van der Waals surface area contributed by atoms with Crippen molar-refractivity contribution in [1.82, 2.24) is 9.80 Å². The van der Waals surface area contributed by atoms with Crippen molar-refractivity contribution in [2.45, 2.75) is 44.8 Å². The Hall–Kier alpha value is -0.850. The number of likely N-dealkylation sites (tertiary alicyclic amines) is 1. The van der Waals surface area contributed by atoms with E-state index in [0.29, 0.717) is 18.1 Å². The Morgan fingerprint density at radius 2 is 1.96 bits per heavy atom. The van der Waals surface area contributed by atoms with E-state index < -0.39 is 6.10 Å². The van der Waals surface area contributed by atoms with Crippen LogP contribution >= 0.6 is 11.6 Å². The van der Waals surface area contributed by atoms with Gasteiger partial charge in [0.1, 0.15) is 18.5 Å². The molecule has 0 aliphatic carbocycles. The Labute approximate surface area is 162 Å². The van der Waals surface area contributed by atoms with Gasteiger partial charge in [-0.05, 0) is 57.6 Å². The quantitative estimate of drug-likeness (QED) is 0.649. The Balaban J connectivity index is 1.87. The molecule has 1 heterocycles. The summed E-state index contributed by atoms with van der Waals surface area (Å²) < 4.78 is 5.92. The molecule has 2 rings (SSSR count).